The smallest absolute Gasteiger partial charge is 0.408 e. The maximum absolute atomic E-state index is 11.8. The summed E-state index contributed by atoms with van der Waals surface area (Å²) in [5.41, 5.74) is 6.69. The minimum absolute atomic E-state index is 0.248. The first-order valence-corrected chi connectivity index (χ1v) is 6.12. The zero-order valence-electron chi connectivity index (χ0n) is 11.6. The fourth-order valence-corrected chi connectivity index (χ4v) is 1.65. The van der Waals surface area contributed by atoms with Crippen molar-refractivity contribution in [2.45, 2.75) is 32.4 Å². The van der Waals surface area contributed by atoms with E-state index in [1.54, 1.807) is 20.8 Å². The van der Waals surface area contributed by atoms with E-state index in [-0.39, 0.29) is 12.6 Å². The zero-order chi connectivity index (χ0) is 14.5. The average Bonchev–Trinajstić information content (AvgIpc) is 2.33. The first kappa shape index (κ1) is 15.1. The van der Waals surface area contributed by atoms with E-state index in [9.17, 15) is 4.79 Å². The van der Waals surface area contributed by atoms with Gasteiger partial charge in [-0.05, 0) is 32.4 Å². The molecule has 0 radical (unpaired) electrons. The first-order chi connectivity index (χ1) is 8.87. The van der Waals surface area contributed by atoms with Crippen LogP contribution in [-0.2, 0) is 4.74 Å². The van der Waals surface area contributed by atoms with Crippen LogP contribution in [-0.4, -0.2) is 18.2 Å². The number of benzene rings is 1. The summed E-state index contributed by atoms with van der Waals surface area (Å²) in [5, 5.41) is 2.73. The van der Waals surface area contributed by atoms with Crippen LogP contribution in [0.4, 0.5) is 4.79 Å². The highest BCUT2D eigenvalue weighted by atomic mass is 16.6. The van der Waals surface area contributed by atoms with Gasteiger partial charge in [-0.3, -0.25) is 0 Å². The molecule has 0 saturated carbocycles. The second kappa shape index (κ2) is 6.26. The Bertz CT molecular complexity index is 484. The third-order valence-electron chi connectivity index (χ3n) is 2.42. The number of amides is 1. The maximum Gasteiger partial charge on any atom is 0.408 e. The highest BCUT2D eigenvalue weighted by Crippen LogP contribution is 2.17. The minimum Gasteiger partial charge on any atom is -0.444 e. The van der Waals surface area contributed by atoms with Gasteiger partial charge in [-0.1, -0.05) is 24.1 Å². The van der Waals surface area contributed by atoms with Crippen LogP contribution in [0.2, 0.25) is 0 Å². The highest BCUT2D eigenvalue weighted by molar-refractivity contribution is 5.68. The van der Waals surface area contributed by atoms with Crippen molar-refractivity contribution in [2.75, 3.05) is 6.54 Å². The van der Waals surface area contributed by atoms with Gasteiger partial charge in [0, 0.05) is 12.1 Å². The number of alkyl carbamates (subject to hydrolysis) is 1. The lowest BCUT2D eigenvalue weighted by molar-refractivity contribution is 0.0505. The fourth-order valence-electron chi connectivity index (χ4n) is 1.65. The van der Waals surface area contributed by atoms with E-state index >= 15 is 0 Å². The summed E-state index contributed by atoms with van der Waals surface area (Å²) in [6.45, 7) is 5.66. The van der Waals surface area contributed by atoms with Crippen molar-refractivity contribution >= 4 is 6.09 Å². The summed E-state index contributed by atoms with van der Waals surface area (Å²) in [7, 11) is 0. The number of rotatable bonds is 3. The Kier molecular flexibility index (Phi) is 4.96. The molecule has 0 aliphatic heterocycles. The standard InChI is InChI=1S/C15H20N2O2/c1-5-11-8-6-7-9-12(11)13(10-16)17-14(18)19-15(2,3)4/h1,6-9,13H,10,16H2,2-4H3,(H,17,18). The largest absolute Gasteiger partial charge is 0.444 e. The molecule has 3 N–H and O–H groups in total. The number of carbonyl (C=O) groups is 1. The fraction of sp³-hybridized carbons (Fsp3) is 0.400. The van der Waals surface area contributed by atoms with Crippen molar-refractivity contribution in [2.24, 2.45) is 5.73 Å². The Balaban J connectivity index is 2.85. The molecule has 0 aliphatic rings. The zero-order valence-corrected chi connectivity index (χ0v) is 11.6. The number of hydrogen-bond donors (Lipinski definition) is 2. The Morgan fingerprint density at radius 3 is 2.63 bits per heavy atom. The Morgan fingerprint density at radius 2 is 2.11 bits per heavy atom. The molecule has 1 atom stereocenters. The third kappa shape index (κ3) is 4.65. The van der Waals surface area contributed by atoms with Crippen molar-refractivity contribution < 1.29 is 9.53 Å². The number of carbonyl (C=O) groups excluding carboxylic acids is 1. The number of nitrogens with one attached hydrogen (secondary N) is 1. The molecule has 1 rings (SSSR count). The lowest BCUT2D eigenvalue weighted by Gasteiger charge is -2.23. The van der Waals surface area contributed by atoms with Gasteiger partial charge in [0.2, 0.25) is 0 Å². The lowest BCUT2D eigenvalue weighted by atomic mass is 10.0. The van der Waals surface area contributed by atoms with E-state index in [1.165, 1.54) is 0 Å². The van der Waals surface area contributed by atoms with Gasteiger partial charge in [0.05, 0.1) is 6.04 Å². The van der Waals surface area contributed by atoms with Crippen molar-refractivity contribution in [3.8, 4) is 12.3 Å². The van der Waals surface area contributed by atoms with Gasteiger partial charge in [0.15, 0.2) is 0 Å². The second-order valence-electron chi connectivity index (χ2n) is 5.17. The van der Waals surface area contributed by atoms with Crippen molar-refractivity contribution in [3.05, 3.63) is 35.4 Å². The van der Waals surface area contributed by atoms with Gasteiger partial charge in [0.25, 0.3) is 0 Å². The Hall–Kier alpha value is -1.99. The first-order valence-electron chi connectivity index (χ1n) is 6.12. The molecule has 1 amide bonds. The number of ether oxygens (including phenoxy) is 1. The van der Waals surface area contributed by atoms with E-state index in [0.717, 1.165) is 5.56 Å². The normalized spacial score (nSPS) is 12.4. The second-order valence-corrected chi connectivity index (χ2v) is 5.17. The van der Waals surface area contributed by atoms with Crippen molar-refractivity contribution in [1.82, 2.24) is 5.32 Å². The summed E-state index contributed by atoms with van der Waals surface area (Å²) in [6, 6.07) is 7.01. The van der Waals surface area contributed by atoms with Crippen LogP contribution in [0.15, 0.2) is 24.3 Å². The molecule has 102 valence electrons. The molecule has 4 nitrogen and oxygen atoms in total. The van der Waals surface area contributed by atoms with Gasteiger partial charge in [-0.2, -0.15) is 0 Å². The predicted octanol–water partition coefficient (Wildman–Crippen LogP) is 2.19. The SMILES string of the molecule is C#Cc1ccccc1C(CN)NC(=O)OC(C)(C)C. The average molecular weight is 260 g/mol. The topological polar surface area (TPSA) is 64.3 Å². The number of terminal acetylenes is 1. The summed E-state index contributed by atoms with van der Waals surface area (Å²) in [4.78, 5) is 11.8. The van der Waals surface area contributed by atoms with Gasteiger partial charge in [-0.25, -0.2) is 4.79 Å². The third-order valence-corrected chi connectivity index (χ3v) is 2.42. The van der Waals surface area contributed by atoms with E-state index in [4.69, 9.17) is 16.9 Å². The highest BCUT2D eigenvalue weighted by Gasteiger charge is 2.20. The number of nitrogens with two attached hydrogens (primary N) is 1. The molecule has 0 aromatic heterocycles. The van der Waals surface area contributed by atoms with E-state index in [0.29, 0.717) is 5.56 Å². The van der Waals surface area contributed by atoms with Crippen molar-refractivity contribution in [1.29, 1.82) is 0 Å². The molecule has 0 heterocycles. The van der Waals surface area contributed by atoms with Crippen LogP contribution < -0.4 is 11.1 Å². The van der Waals surface area contributed by atoms with Gasteiger partial charge < -0.3 is 15.8 Å². The summed E-state index contributed by atoms with van der Waals surface area (Å²) < 4.78 is 5.21. The molecule has 1 aromatic carbocycles. The molecule has 19 heavy (non-hydrogen) atoms. The summed E-state index contributed by atoms with van der Waals surface area (Å²) >= 11 is 0. The van der Waals surface area contributed by atoms with E-state index in [2.05, 4.69) is 11.2 Å². The van der Waals surface area contributed by atoms with Gasteiger partial charge >= 0.3 is 6.09 Å². The van der Waals surface area contributed by atoms with Gasteiger partial charge in [0.1, 0.15) is 5.60 Å². The van der Waals surface area contributed by atoms with Crippen molar-refractivity contribution in [3.63, 3.8) is 0 Å². The van der Waals surface area contributed by atoms with Crippen LogP contribution in [0.25, 0.3) is 0 Å². The lowest BCUT2D eigenvalue weighted by Crippen LogP contribution is -2.38. The number of hydrogen-bond acceptors (Lipinski definition) is 3. The van der Waals surface area contributed by atoms with Crippen LogP contribution in [0.1, 0.15) is 37.9 Å². The Morgan fingerprint density at radius 1 is 1.47 bits per heavy atom. The minimum atomic E-state index is -0.547. The Labute approximate surface area is 114 Å². The van der Waals surface area contributed by atoms with Crippen LogP contribution >= 0.6 is 0 Å². The molecule has 0 saturated heterocycles. The molecule has 0 bridgehead atoms. The molecule has 4 heteroatoms. The van der Waals surface area contributed by atoms with Crippen LogP contribution in [0, 0.1) is 12.3 Å². The molecular weight excluding hydrogens is 240 g/mol. The van der Waals surface area contributed by atoms with Crippen LogP contribution in [0.3, 0.4) is 0 Å². The molecule has 0 aliphatic carbocycles. The monoisotopic (exact) mass is 260 g/mol. The van der Waals surface area contributed by atoms with E-state index in [1.807, 2.05) is 24.3 Å². The molecule has 0 spiro atoms. The summed E-state index contributed by atoms with van der Waals surface area (Å²) in [5.74, 6) is 2.58. The predicted molar refractivity (Wildman–Crippen MR) is 75.5 cm³/mol. The molecule has 1 unspecified atom stereocenters. The molecular formula is C15H20N2O2. The summed E-state index contributed by atoms with van der Waals surface area (Å²) in [6.07, 6.45) is 4.94. The quantitative estimate of drug-likeness (QED) is 0.819. The van der Waals surface area contributed by atoms with Gasteiger partial charge in [-0.15, -0.1) is 6.42 Å². The molecule has 0 fully saturated rings. The maximum atomic E-state index is 11.8. The van der Waals surface area contributed by atoms with Crippen LogP contribution in [0.5, 0.6) is 0 Å². The molecule has 1 aromatic rings. The van der Waals surface area contributed by atoms with E-state index < -0.39 is 11.7 Å².